The molecule has 1 aromatic rings. The Kier molecular flexibility index (Phi) is 4.53. The lowest BCUT2D eigenvalue weighted by Gasteiger charge is -2.35. The van der Waals surface area contributed by atoms with Crippen LogP contribution in [0.25, 0.3) is 0 Å². The summed E-state index contributed by atoms with van der Waals surface area (Å²) in [6.45, 7) is 4.70. The van der Waals surface area contributed by atoms with Gasteiger partial charge in [-0.05, 0) is 57.9 Å². The number of aromatic nitrogens is 2. The van der Waals surface area contributed by atoms with Gasteiger partial charge in [-0.3, -0.25) is 9.59 Å². The van der Waals surface area contributed by atoms with E-state index in [-0.39, 0.29) is 29.7 Å². The maximum atomic E-state index is 12.3. The molecule has 6 heteroatoms. The SMILES string of the molecule is CC1(C)C[C@H](NC(=O)Cn2nc3c(cc2=O)CCCC3)CCO1. The highest BCUT2D eigenvalue weighted by Crippen LogP contribution is 2.23. The molecule has 0 saturated carbocycles. The Morgan fingerprint density at radius 2 is 2.22 bits per heavy atom. The molecule has 126 valence electrons. The van der Waals surface area contributed by atoms with Gasteiger partial charge < -0.3 is 10.1 Å². The van der Waals surface area contributed by atoms with Crippen molar-refractivity contribution >= 4 is 5.91 Å². The number of nitrogens with zero attached hydrogens (tertiary/aromatic N) is 2. The van der Waals surface area contributed by atoms with E-state index in [1.165, 1.54) is 4.68 Å². The number of nitrogens with one attached hydrogen (secondary N) is 1. The van der Waals surface area contributed by atoms with Crippen LogP contribution in [0, 0.1) is 0 Å². The summed E-state index contributed by atoms with van der Waals surface area (Å²) in [5.74, 6) is -0.155. The second-order valence-electron chi connectivity index (χ2n) is 7.18. The van der Waals surface area contributed by atoms with E-state index in [2.05, 4.69) is 10.4 Å². The van der Waals surface area contributed by atoms with Gasteiger partial charge in [-0.15, -0.1) is 0 Å². The van der Waals surface area contributed by atoms with Crippen molar-refractivity contribution in [3.05, 3.63) is 27.7 Å². The summed E-state index contributed by atoms with van der Waals surface area (Å²) in [7, 11) is 0. The van der Waals surface area contributed by atoms with Crippen LogP contribution >= 0.6 is 0 Å². The smallest absolute Gasteiger partial charge is 0.267 e. The number of hydrogen-bond donors (Lipinski definition) is 1. The Hall–Kier alpha value is -1.69. The molecule has 1 N–H and O–H groups in total. The van der Waals surface area contributed by atoms with E-state index in [9.17, 15) is 9.59 Å². The third-order valence-corrected chi connectivity index (χ3v) is 4.63. The molecule has 6 nitrogen and oxygen atoms in total. The summed E-state index contributed by atoms with van der Waals surface area (Å²) in [5.41, 5.74) is 1.62. The van der Waals surface area contributed by atoms with E-state index >= 15 is 0 Å². The molecule has 0 spiro atoms. The van der Waals surface area contributed by atoms with Crippen LogP contribution in [-0.4, -0.2) is 33.9 Å². The summed E-state index contributed by atoms with van der Waals surface area (Å²) in [5, 5.41) is 7.40. The highest BCUT2D eigenvalue weighted by Gasteiger charge is 2.29. The second-order valence-corrected chi connectivity index (χ2v) is 7.18. The minimum Gasteiger partial charge on any atom is -0.375 e. The second kappa shape index (κ2) is 6.43. The fourth-order valence-electron chi connectivity index (χ4n) is 3.48. The summed E-state index contributed by atoms with van der Waals surface area (Å²) in [6.07, 6.45) is 5.61. The predicted octanol–water partition coefficient (Wildman–Crippen LogP) is 1.20. The first-order valence-corrected chi connectivity index (χ1v) is 8.46. The highest BCUT2D eigenvalue weighted by atomic mass is 16.5. The first-order valence-electron chi connectivity index (χ1n) is 8.46. The molecule has 1 aliphatic heterocycles. The fraction of sp³-hybridized carbons (Fsp3) is 0.706. The molecule has 1 saturated heterocycles. The van der Waals surface area contributed by atoms with Crippen LogP contribution in [0.3, 0.4) is 0 Å². The molecule has 0 unspecified atom stereocenters. The first kappa shape index (κ1) is 16.2. The Bertz CT molecular complexity index is 651. The Morgan fingerprint density at radius 1 is 1.43 bits per heavy atom. The molecule has 1 aromatic heterocycles. The monoisotopic (exact) mass is 319 g/mol. The first-order chi connectivity index (χ1) is 10.9. The minimum atomic E-state index is -0.211. The van der Waals surface area contributed by atoms with Gasteiger partial charge in [-0.2, -0.15) is 5.10 Å². The van der Waals surface area contributed by atoms with Gasteiger partial charge >= 0.3 is 0 Å². The number of amides is 1. The van der Waals surface area contributed by atoms with Gasteiger partial charge in [-0.1, -0.05) is 0 Å². The topological polar surface area (TPSA) is 73.2 Å². The number of fused-ring (bicyclic) bond motifs is 1. The summed E-state index contributed by atoms with van der Waals surface area (Å²) in [6, 6.07) is 1.74. The van der Waals surface area contributed by atoms with Crippen molar-refractivity contribution in [1.29, 1.82) is 0 Å². The highest BCUT2D eigenvalue weighted by molar-refractivity contribution is 5.75. The van der Waals surface area contributed by atoms with Crippen LogP contribution in [0.2, 0.25) is 0 Å². The summed E-state index contributed by atoms with van der Waals surface area (Å²) < 4.78 is 6.95. The molecular weight excluding hydrogens is 294 g/mol. The predicted molar refractivity (Wildman–Crippen MR) is 86.3 cm³/mol. The molecule has 0 bridgehead atoms. The van der Waals surface area contributed by atoms with Gasteiger partial charge in [0.2, 0.25) is 5.91 Å². The van der Waals surface area contributed by atoms with Crippen molar-refractivity contribution in [2.45, 2.75) is 70.6 Å². The third-order valence-electron chi connectivity index (χ3n) is 4.63. The van der Waals surface area contributed by atoms with Crippen LogP contribution in [0.5, 0.6) is 0 Å². The minimum absolute atomic E-state index is 0.0100. The number of carbonyl (C=O) groups excluding carboxylic acids is 1. The Morgan fingerprint density at radius 3 is 3.00 bits per heavy atom. The van der Waals surface area contributed by atoms with E-state index < -0.39 is 0 Å². The van der Waals surface area contributed by atoms with E-state index in [0.29, 0.717) is 6.61 Å². The van der Waals surface area contributed by atoms with Crippen molar-refractivity contribution in [1.82, 2.24) is 15.1 Å². The van der Waals surface area contributed by atoms with Crippen LogP contribution in [-0.2, 0) is 28.9 Å². The van der Waals surface area contributed by atoms with Crippen LogP contribution in [0.15, 0.2) is 10.9 Å². The van der Waals surface area contributed by atoms with Gasteiger partial charge in [0.15, 0.2) is 0 Å². The zero-order valence-corrected chi connectivity index (χ0v) is 13.9. The van der Waals surface area contributed by atoms with Crippen LogP contribution < -0.4 is 10.9 Å². The normalized spacial score (nSPS) is 23.1. The summed E-state index contributed by atoms with van der Waals surface area (Å²) in [4.78, 5) is 24.4. The molecule has 3 rings (SSSR count). The zero-order chi connectivity index (χ0) is 16.4. The molecule has 2 heterocycles. The number of carbonyl (C=O) groups is 1. The fourth-order valence-corrected chi connectivity index (χ4v) is 3.48. The van der Waals surface area contributed by atoms with Crippen molar-refractivity contribution in [3.8, 4) is 0 Å². The Balaban J connectivity index is 1.65. The molecule has 1 aliphatic carbocycles. The molecule has 2 aliphatic rings. The molecule has 1 atom stereocenters. The van der Waals surface area contributed by atoms with E-state index in [1.54, 1.807) is 6.07 Å². The van der Waals surface area contributed by atoms with Gasteiger partial charge in [-0.25, -0.2) is 4.68 Å². The number of rotatable bonds is 3. The lowest BCUT2D eigenvalue weighted by molar-refractivity contribution is -0.124. The molecule has 0 aromatic carbocycles. The molecule has 1 fully saturated rings. The maximum Gasteiger partial charge on any atom is 0.267 e. The van der Waals surface area contributed by atoms with Crippen molar-refractivity contribution < 1.29 is 9.53 Å². The number of ether oxygens (including phenoxy) is 1. The van der Waals surface area contributed by atoms with Crippen molar-refractivity contribution in [2.24, 2.45) is 0 Å². The zero-order valence-electron chi connectivity index (χ0n) is 13.9. The standard InChI is InChI=1S/C17H25N3O3/c1-17(2)10-13(7-8-23-17)18-15(21)11-20-16(22)9-12-5-3-4-6-14(12)19-20/h9,13H,3-8,10-11H2,1-2H3,(H,18,21)/t13-/m1/s1. The lowest BCUT2D eigenvalue weighted by atomic mass is 9.94. The van der Waals surface area contributed by atoms with Crippen molar-refractivity contribution in [2.75, 3.05) is 6.61 Å². The molecule has 1 amide bonds. The average molecular weight is 319 g/mol. The quantitative estimate of drug-likeness (QED) is 0.908. The van der Waals surface area contributed by atoms with Crippen LogP contribution in [0.4, 0.5) is 0 Å². The summed E-state index contributed by atoms with van der Waals surface area (Å²) >= 11 is 0. The van der Waals surface area contributed by atoms with Gasteiger partial charge in [0.05, 0.1) is 11.3 Å². The van der Waals surface area contributed by atoms with Crippen molar-refractivity contribution in [3.63, 3.8) is 0 Å². The molecule has 23 heavy (non-hydrogen) atoms. The van der Waals surface area contributed by atoms with Gasteiger partial charge in [0, 0.05) is 18.7 Å². The Labute approximate surface area is 136 Å². The largest absolute Gasteiger partial charge is 0.375 e. The maximum absolute atomic E-state index is 12.3. The lowest BCUT2D eigenvalue weighted by Crippen LogP contribution is -2.47. The van der Waals surface area contributed by atoms with Crippen LogP contribution in [0.1, 0.15) is 50.8 Å². The van der Waals surface area contributed by atoms with E-state index in [1.807, 2.05) is 13.8 Å². The van der Waals surface area contributed by atoms with Gasteiger partial charge in [0.1, 0.15) is 6.54 Å². The van der Waals surface area contributed by atoms with E-state index in [0.717, 1.165) is 49.8 Å². The third kappa shape index (κ3) is 3.99. The molecular formula is C17H25N3O3. The average Bonchev–Trinajstić information content (AvgIpc) is 2.47. The molecule has 0 radical (unpaired) electrons. The number of aryl methyl sites for hydroxylation is 2. The van der Waals surface area contributed by atoms with Gasteiger partial charge in [0.25, 0.3) is 5.56 Å². The van der Waals surface area contributed by atoms with E-state index in [4.69, 9.17) is 4.74 Å². The number of hydrogen-bond acceptors (Lipinski definition) is 4.